The lowest BCUT2D eigenvalue weighted by Crippen LogP contribution is -2.19. The predicted molar refractivity (Wildman–Crippen MR) is 68.0 cm³/mol. The quantitative estimate of drug-likeness (QED) is 0.913. The molecule has 0 saturated carbocycles. The first-order valence-electron chi connectivity index (χ1n) is 5.82. The molecule has 2 nitrogen and oxygen atoms in total. The van der Waals surface area contributed by atoms with E-state index < -0.39 is 6.04 Å². The largest absolute Gasteiger partial charge is 0.294 e. The summed E-state index contributed by atoms with van der Waals surface area (Å²) in [5.41, 5.74) is 1.58. The maximum Gasteiger partial charge on any atom is 0.123 e. The van der Waals surface area contributed by atoms with Gasteiger partial charge in [-0.25, -0.2) is 8.78 Å². The van der Waals surface area contributed by atoms with Crippen LogP contribution in [0.5, 0.6) is 0 Å². The number of nitriles is 1. The third-order valence-electron chi connectivity index (χ3n) is 2.76. The van der Waals surface area contributed by atoms with Crippen LogP contribution in [0.3, 0.4) is 0 Å². The van der Waals surface area contributed by atoms with Crippen molar-refractivity contribution in [2.24, 2.45) is 0 Å². The molecule has 0 amide bonds. The molecule has 2 aromatic carbocycles. The second kappa shape index (κ2) is 6.07. The average Bonchev–Trinajstić information content (AvgIpc) is 2.43. The van der Waals surface area contributed by atoms with Crippen molar-refractivity contribution in [3.8, 4) is 6.07 Å². The van der Waals surface area contributed by atoms with Gasteiger partial charge in [0, 0.05) is 6.54 Å². The highest BCUT2D eigenvalue weighted by Gasteiger charge is 2.09. The Morgan fingerprint density at radius 1 is 0.947 bits per heavy atom. The fourth-order valence-electron chi connectivity index (χ4n) is 1.72. The van der Waals surface area contributed by atoms with Crippen molar-refractivity contribution in [2.75, 3.05) is 0 Å². The van der Waals surface area contributed by atoms with E-state index in [-0.39, 0.29) is 11.6 Å². The number of rotatable bonds is 4. The number of nitrogens with zero attached hydrogens (tertiary/aromatic N) is 1. The molecule has 2 aromatic rings. The molecule has 0 fully saturated rings. The maximum absolute atomic E-state index is 12.8. The Hall–Kier alpha value is -2.25. The van der Waals surface area contributed by atoms with Gasteiger partial charge in [-0.05, 0) is 35.4 Å². The number of hydrogen-bond donors (Lipinski definition) is 1. The smallest absolute Gasteiger partial charge is 0.123 e. The molecule has 1 unspecified atom stereocenters. The minimum atomic E-state index is -0.523. The molecule has 2 rings (SSSR count). The highest BCUT2D eigenvalue weighted by molar-refractivity contribution is 5.25. The van der Waals surface area contributed by atoms with E-state index in [0.717, 1.165) is 5.56 Å². The maximum atomic E-state index is 12.8. The molecular weight excluding hydrogens is 246 g/mol. The molecule has 0 aromatic heterocycles. The van der Waals surface area contributed by atoms with Gasteiger partial charge in [0.05, 0.1) is 6.07 Å². The van der Waals surface area contributed by atoms with Gasteiger partial charge in [-0.2, -0.15) is 5.26 Å². The summed E-state index contributed by atoms with van der Waals surface area (Å²) in [5.74, 6) is -0.627. The monoisotopic (exact) mass is 258 g/mol. The molecule has 19 heavy (non-hydrogen) atoms. The zero-order valence-corrected chi connectivity index (χ0v) is 10.1. The van der Waals surface area contributed by atoms with Crippen LogP contribution >= 0.6 is 0 Å². The minimum Gasteiger partial charge on any atom is -0.294 e. The van der Waals surface area contributed by atoms with Crippen molar-refractivity contribution in [3.63, 3.8) is 0 Å². The van der Waals surface area contributed by atoms with Gasteiger partial charge >= 0.3 is 0 Å². The van der Waals surface area contributed by atoms with Gasteiger partial charge in [-0.1, -0.05) is 24.3 Å². The van der Waals surface area contributed by atoms with E-state index in [2.05, 4.69) is 11.4 Å². The molecule has 1 N–H and O–H groups in total. The zero-order valence-electron chi connectivity index (χ0n) is 10.1. The summed E-state index contributed by atoms with van der Waals surface area (Å²) in [6, 6.07) is 13.4. The molecule has 0 aliphatic rings. The Morgan fingerprint density at radius 2 is 1.47 bits per heavy atom. The molecule has 0 heterocycles. The summed E-state index contributed by atoms with van der Waals surface area (Å²) in [5, 5.41) is 12.1. The summed E-state index contributed by atoms with van der Waals surface area (Å²) in [7, 11) is 0. The van der Waals surface area contributed by atoms with E-state index in [4.69, 9.17) is 5.26 Å². The number of hydrogen-bond acceptors (Lipinski definition) is 2. The molecule has 4 heteroatoms. The normalized spacial score (nSPS) is 11.8. The average molecular weight is 258 g/mol. The number of halogens is 2. The van der Waals surface area contributed by atoms with Crippen LogP contribution in [0, 0.1) is 23.0 Å². The van der Waals surface area contributed by atoms with E-state index in [1.807, 2.05) is 0 Å². The van der Waals surface area contributed by atoms with E-state index >= 15 is 0 Å². The lowest BCUT2D eigenvalue weighted by molar-refractivity contribution is 0.610. The first kappa shape index (κ1) is 13.2. The van der Waals surface area contributed by atoms with Gasteiger partial charge < -0.3 is 0 Å². The number of benzene rings is 2. The van der Waals surface area contributed by atoms with E-state index in [1.54, 1.807) is 24.3 Å². The van der Waals surface area contributed by atoms with Crippen molar-refractivity contribution >= 4 is 0 Å². The van der Waals surface area contributed by atoms with Crippen LogP contribution in [0.2, 0.25) is 0 Å². The summed E-state index contributed by atoms with van der Waals surface area (Å²) >= 11 is 0. The Kier molecular flexibility index (Phi) is 4.22. The molecular formula is C15H12F2N2. The van der Waals surface area contributed by atoms with Crippen molar-refractivity contribution in [2.45, 2.75) is 12.6 Å². The van der Waals surface area contributed by atoms with Gasteiger partial charge in [0.1, 0.15) is 17.7 Å². The summed E-state index contributed by atoms with van der Waals surface area (Å²) in [4.78, 5) is 0. The fraction of sp³-hybridized carbons (Fsp3) is 0.133. The second-order valence-corrected chi connectivity index (χ2v) is 4.12. The van der Waals surface area contributed by atoms with Crippen LogP contribution < -0.4 is 5.32 Å². The Bertz CT molecular complexity index is 571. The topological polar surface area (TPSA) is 35.8 Å². The van der Waals surface area contributed by atoms with E-state index in [0.29, 0.717) is 12.1 Å². The third-order valence-corrected chi connectivity index (χ3v) is 2.76. The van der Waals surface area contributed by atoms with Crippen molar-refractivity contribution < 1.29 is 8.78 Å². The molecule has 0 spiro atoms. The molecule has 0 aliphatic heterocycles. The zero-order chi connectivity index (χ0) is 13.7. The fourth-order valence-corrected chi connectivity index (χ4v) is 1.72. The predicted octanol–water partition coefficient (Wildman–Crippen LogP) is 3.32. The second-order valence-electron chi connectivity index (χ2n) is 4.12. The van der Waals surface area contributed by atoms with Gasteiger partial charge in [0.25, 0.3) is 0 Å². The lowest BCUT2D eigenvalue weighted by Gasteiger charge is -2.11. The summed E-state index contributed by atoms with van der Waals surface area (Å²) in [6.07, 6.45) is 0. The van der Waals surface area contributed by atoms with Gasteiger partial charge in [0.15, 0.2) is 0 Å². The summed E-state index contributed by atoms with van der Waals surface area (Å²) in [6.45, 7) is 0.440. The van der Waals surface area contributed by atoms with Crippen LogP contribution in [0.15, 0.2) is 48.5 Å². The van der Waals surface area contributed by atoms with Gasteiger partial charge in [0.2, 0.25) is 0 Å². The van der Waals surface area contributed by atoms with E-state index in [1.165, 1.54) is 24.3 Å². The molecule has 0 radical (unpaired) electrons. The molecule has 1 atom stereocenters. The van der Waals surface area contributed by atoms with Crippen LogP contribution in [-0.2, 0) is 6.54 Å². The lowest BCUT2D eigenvalue weighted by atomic mass is 10.1. The standard InChI is InChI=1S/C15H12F2N2/c16-13-5-1-11(2-6-13)10-19-15(9-18)12-3-7-14(17)8-4-12/h1-8,15,19H,10H2. The first-order chi connectivity index (χ1) is 9.19. The third kappa shape index (κ3) is 3.60. The van der Waals surface area contributed by atoms with Crippen molar-refractivity contribution in [1.82, 2.24) is 5.32 Å². The first-order valence-corrected chi connectivity index (χ1v) is 5.82. The molecule has 0 saturated heterocycles. The van der Waals surface area contributed by atoms with Crippen LogP contribution in [0.25, 0.3) is 0 Å². The van der Waals surface area contributed by atoms with Crippen molar-refractivity contribution in [3.05, 3.63) is 71.3 Å². The van der Waals surface area contributed by atoms with Crippen molar-refractivity contribution in [1.29, 1.82) is 5.26 Å². The Labute approximate surface area is 110 Å². The molecule has 0 aliphatic carbocycles. The van der Waals surface area contributed by atoms with Gasteiger partial charge in [-0.3, -0.25) is 5.32 Å². The Balaban J connectivity index is 2.02. The highest BCUT2D eigenvalue weighted by Crippen LogP contribution is 2.14. The Morgan fingerprint density at radius 3 is 2.00 bits per heavy atom. The van der Waals surface area contributed by atoms with Crippen LogP contribution in [0.4, 0.5) is 8.78 Å². The summed E-state index contributed by atoms with van der Waals surface area (Å²) < 4.78 is 25.6. The van der Waals surface area contributed by atoms with Gasteiger partial charge in [-0.15, -0.1) is 0 Å². The molecule has 96 valence electrons. The number of nitrogens with one attached hydrogen (secondary N) is 1. The minimum absolute atomic E-state index is 0.292. The highest BCUT2D eigenvalue weighted by atomic mass is 19.1. The van der Waals surface area contributed by atoms with Crippen LogP contribution in [0.1, 0.15) is 17.2 Å². The van der Waals surface area contributed by atoms with E-state index in [9.17, 15) is 8.78 Å². The SMILES string of the molecule is N#CC(NCc1ccc(F)cc1)c1ccc(F)cc1. The molecule has 0 bridgehead atoms. The van der Waals surface area contributed by atoms with Crippen LogP contribution in [-0.4, -0.2) is 0 Å².